The number of carboxylic acids is 1. The van der Waals surface area contributed by atoms with Gasteiger partial charge in [-0.25, -0.2) is 4.79 Å². The Bertz CT molecular complexity index is 323. The van der Waals surface area contributed by atoms with Crippen molar-refractivity contribution in [3.63, 3.8) is 0 Å². The lowest BCUT2D eigenvalue weighted by molar-refractivity contribution is 0.0696. The van der Waals surface area contributed by atoms with Crippen molar-refractivity contribution in [3.8, 4) is 0 Å². The number of rotatable bonds is 5. The largest absolute Gasteiger partial charge is 0.478 e. The fraction of sp³-hybridized carbons (Fsp3) is 0.556. The van der Waals surface area contributed by atoms with Crippen LogP contribution in [0.3, 0.4) is 0 Å². The van der Waals surface area contributed by atoms with E-state index in [-0.39, 0.29) is 0 Å². The van der Waals surface area contributed by atoms with Crippen LogP contribution in [0.5, 0.6) is 0 Å². The van der Waals surface area contributed by atoms with Gasteiger partial charge in [-0.15, -0.1) is 0 Å². The summed E-state index contributed by atoms with van der Waals surface area (Å²) in [5.41, 5.74) is 1.10. The molecule has 0 aliphatic carbocycles. The van der Waals surface area contributed by atoms with Crippen molar-refractivity contribution in [3.05, 3.63) is 17.5 Å². The van der Waals surface area contributed by atoms with Crippen molar-refractivity contribution in [2.45, 2.75) is 19.1 Å². The smallest absolute Gasteiger partial charge is 0.339 e. The summed E-state index contributed by atoms with van der Waals surface area (Å²) in [7, 11) is 1.77. The molecule has 14 heavy (non-hydrogen) atoms. The zero-order valence-electron chi connectivity index (χ0n) is 8.36. The van der Waals surface area contributed by atoms with Gasteiger partial charge >= 0.3 is 5.97 Å². The normalized spacial score (nSPS) is 10.4. The van der Waals surface area contributed by atoms with E-state index in [1.807, 2.05) is 0 Å². The third-order valence-electron chi connectivity index (χ3n) is 1.88. The summed E-state index contributed by atoms with van der Waals surface area (Å²) < 4.78 is 1.63. The molecule has 0 spiro atoms. The zero-order chi connectivity index (χ0) is 10.6. The van der Waals surface area contributed by atoms with E-state index < -0.39 is 5.97 Å². The van der Waals surface area contributed by atoms with Gasteiger partial charge in [0.05, 0.1) is 11.9 Å². The molecule has 0 atom stereocenters. The van der Waals surface area contributed by atoms with E-state index in [9.17, 15) is 4.79 Å². The van der Waals surface area contributed by atoms with E-state index in [1.165, 1.54) is 6.20 Å². The highest BCUT2D eigenvalue weighted by molar-refractivity contribution is 7.98. The van der Waals surface area contributed by atoms with Crippen LogP contribution in [0.1, 0.15) is 29.4 Å². The molecule has 1 aromatic rings. The van der Waals surface area contributed by atoms with Gasteiger partial charge < -0.3 is 5.11 Å². The SMILES string of the molecule is CCCSCc1c(C(=O)O)cnn1C. The van der Waals surface area contributed by atoms with Gasteiger partial charge in [0.2, 0.25) is 0 Å². The first-order valence-electron chi connectivity index (χ1n) is 4.48. The number of aryl methyl sites for hydroxylation is 1. The lowest BCUT2D eigenvalue weighted by Crippen LogP contribution is -2.03. The van der Waals surface area contributed by atoms with Gasteiger partial charge in [0.1, 0.15) is 5.56 Å². The van der Waals surface area contributed by atoms with Crippen molar-refractivity contribution in [1.82, 2.24) is 9.78 Å². The lowest BCUT2D eigenvalue weighted by Gasteiger charge is -2.02. The number of aromatic carboxylic acids is 1. The molecule has 0 saturated carbocycles. The molecular formula is C9H14N2O2S. The van der Waals surface area contributed by atoms with Gasteiger partial charge in [0, 0.05) is 12.8 Å². The molecule has 1 heterocycles. The minimum atomic E-state index is -0.898. The van der Waals surface area contributed by atoms with E-state index >= 15 is 0 Å². The maximum Gasteiger partial charge on any atom is 0.339 e. The van der Waals surface area contributed by atoms with Crippen molar-refractivity contribution >= 4 is 17.7 Å². The Hall–Kier alpha value is -0.970. The first-order chi connectivity index (χ1) is 6.66. The monoisotopic (exact) mass is 214 g/mol. The number of carbonyl (C=O) groups is 1. The van der Waals surface area contributed by atoms with Crippen LogP contribution < -0.4 is 0 Å². The second kappa shape index (κ2) is 5.05. The van der Waals surface area contributed by atoms with Gasteiger partial charge in [-0.05, 0) is 12.2 Å². The summed E-state index contributed by atoms with van der Waals surface area (Å²) in [4.78, 5) is 10.8. The first kappa shape index (κ1) is 11.1. The average Bonchev–Trinajstić information content (AvgIpc) is 2.48. The highest BCUT2D eigenvalue weighted by Gasteiger charge is 2.14. The van der Waals surface area contributed by atoms with Crippen LogP contribution >= 0.6 is 11.8 Å². The van der Waals surface area contributed by atoms with Crippen molar-refractivity contribution in [2.24, 2.45) is 7.05 Å². The number of aromatic nitrogens is 2. The number of nitrogens with zero attached hydrogens (tertiary/aromatic N) is 2. The molecule has 0 amide bonds. The number of thioether (sulfide) groups is 1. The third kappa shape index (κ3) is 2.51. The maximum absolute atomic E-state index is 10.8. The highest BCUT2D eigenvalue weighted by Crippen LogP contribution is 2.16. The Morgan fingerprint density at radius 3 is 3.00 bits per heavy atom. The number of carboxylic acid groups (broad SMARTS) is 1. The van der Waals surface area contributed by atoms with E-state index in [0.717, 1.165) is 17.9 Å². The predicted molar refractivity (Wildman–Crippen MR) is 56.6 cm³/mol. The molecule has 78 valence electrons. The Kier molecular flexibility index (Phi) is 4.00. The highest BCUT2D eigenvalue weighted by atomic mass is 32.2. The summed E-state index contributed by atoms with van der Waals surface area (Å²) in [6.07, 6.45) is 2.51. The van der Waals surface area contributed by atoms with E-state index in [1.54, 1.807) is 23.5 Å². The fourth-order valence-electron chi connectivity index (χ4n) is 1.13. The Morgan fingerprint density at radius 2 is 2.43 bits per heavy atom. The predicted octanol–water partition coefficient (Wildman–Crippen LogP) is 1.76. The van der Waals surface area contributed by atoms with E-state index in [2.05, 4.69) is 12.0 Å². The first-order valence-corrected chi connectivity index (χ1v) is 5.64. The molecule has 0 aliphatic heterocycles. The summed E-state index contributed by atoms with van der Waals surface area (Å²) in [6.45, 7) is 2.11. The minimum absolute atomic E-state index is 0.316. The van der Waals surface area contributed by atoms with Gasteiger partial charge in [0.15, 0.2) is 0 Å². The molecule has 1 rings (SSSR count). The summed E-state index contributed by atoms with van der Waals surface area (Å²) >= 11 is 1.73. The van der Waals surface area contributed by atoms with Crippen LogP contribution in [0.2, 0.25) is 0 Å². The standard InChI is InChI=1S/C9H14N2O2S/c1-3-4-14-6-8-7(9(12)13)5-10-11(8)2/h5H,3-4,6H2,1-2H3,(H,12,13). The molecule has 0 radical (unpaired) electrons. The summed E-state index contributed by atoms with van der Waals surface area (Å²) in [6, 6.07) is 0. The summed E-state index contributed by atoms with van der Waals surface area (Å²) in [5, 5.41) is 12.8. The average molecular weight is 214 g/mol. The summed E-state index contributed by atoms with van der Waals surface area (Å²) in [5.74, 6) is 0.862. The second-order valence-electron chi connectivity index (χ2n) is 2.99. The topological polar surface area (TPSA) is 55.1 Å². The van der Waals surface area contributed by atoms with E-state index in [0.29, 0.717) is 11.3 Å². The molecular weight excluding hydrogens is 200 g/mol. The zero-order valence-corrected chi connectivity index (χ0v) is 9.17. The molecule has 0 unspecified atom stereocenters. The Balaban J connectivity index is 2.72. The molecule has 0 bridgehead atoms. The second-order valence-corrected chi connectivity index (χ2v) is 4.09. The fourth-order valence-corrected chi connectivity index (χ4v) is 2.09. The van der Waals surface area contributed by atoms with Crippen LogP contribution in [0.15, 0.2) is 6.20 Å². The molecule has 0 saturated heterocycles. The quantitative estimate of drug-likeness (QED) is 0.759. The van der Waals surface area contributed by atoms with Gasteiger partial charge in [-0.1, -0.05) is 6.92 Å². The lowest BCUT2D eigenvalue weighted by atomic mass is 10.3. The molecule has 1 aromatic heterocycles. The Morgan fingerprint density at radius 1 is 1.71 bits per heavy atom. The van der Waals surface area contributed by atoms with E-state index in [4.69, 9.17) is 5.11 Å². The minimum Gasteiger partial charge on any atom is -0.478 e. The molecule has 5 heteroatoms. The van der Waals surface area contributed by atoms with Gasteiger partial charge in [0.25, 0.3) is 0 Å². The molecule has 0 fully saturated rings. The Labute approximate surface area is 87.3 Å². The molecule has 4 nitrogen and oxygen atoms in total. The molecule has 0 aromatic carbocycles. The number of hydrogen-bond acceptors (Lipinski definition) is 3. The maximum atomic E-state index is 10.8. The van der Waals surface area contributed by atoms with Crippen LogP contribution in [0, 0.1) is 0 Å². The van der Waals surface area contributed by atoms with Crippen molar-refractivity contribution in [1.29, 1.82) is 0 Å². The van der Waals surface area contributed by atoms with Crippen LogP contribution in [-0.4, -0.2) is 26.6 Å². The van der Waals surface area contributed by atoms with Gasteiger partial charge in [-0.3, -0.25) is 4.68 Å². The van der Waals surface area contributed by atoms with Crippen LogP contribution in [0.4, 0.5) is 0 Å². The van der Waals surface area contributed by atoms with Crippen molar-refractivity contribution in [2.75, 3.05) is 5.75 Å². The van der Waals surface area contributed by atoms with Gasteiger partial charge in [-0.2, -0.15) is 16.9 Å². The van der Waals surface area contributed by atoms with Crippen LogP contribution in [-0.2, 0) is 12.8 Å². The third-order valence-corrected chi connectivity index (χ3v) is 3.05. The molecule has 0 aliphatic rings. The van der Waals surface area contributed by atoms with Crippen LogP contribution in [0.25, 0.3) is 0 Å². The number of hydrogen-bond donors (Lipinski definition) is 1. The molecule has 1 N–H and O–H groups in total. The van der Waals surface area contributed by atoms with Crippen molar-refractivity contribution < 1.29 is 9.90 Å².